The number of hydrogen-bond donors (Lipinski definition) is 1. The second-order valence-corrected chi connectivity index (χ2v) is 10.7. The molecule has 8 nitrogen and oxygen atoms in total. The summed E-state index contributed by atoms with van der Waals surface area (Å²) in [5.41, 5.74) is 1.87. The van der Waals surface area contributed by atoms with Crippen LogP contribution in [0.2, 0.25) is 0 Å². The van der Waals surface area contributed by atoms with Gasteiger partial charge in [-0.2, -0.15) is 0 Å². The molecule has 0 unspecified atom stereocenters. The van der Waals surface area contributed by atoms with Crippen LogP contribution in [-0.2, 0) is 26.2 Å². The van der Waals surface area contributed by atoms with E-state index in [9.17, 15) is 22.4 Å². The largest absolute Gasteiger partial charge is 0.494 e. The van der Waals surface area contributed by atoms with Gasteiger partial charge < -0.3 is 15.0 Å². The van der Waals surface area contributed by atoms with Crippen molar-refractivity contribution in [2.45, 2.75) is 44.7 Å². The zero-order valence-corrected chi connectivity index (χ0v) is 23.4. The molecule has 2 amide bonds. The Bertz CT molecular complexity index is 1380. The van der Waals surface area contributed by atoms with Crippen LogP contribution in [0.1, 0.15) is 31.4 Å². The van der Waals surface area contributed by atoms with Gasteiger partial charge in [-0.3, -0.25) is 13.9 Å². The summed E-state index contributed by atoms with van der Waals surface area (Å²) in [6.45, 7) is 5.44. The molecule has 208 valence electrons. The first-order valence-corrected chi connectivity index (χ1v) is 14.1. The van der Waals surface area contributed by atoms with Crippen LogP contribution in [0.5, 0.6) is 5.75 Å². The number of likely N-dealkylation sites (N-methyl/N-ethyl adjacent to an activating group) is 1. The number of aryl methyl sites for hydroxylation is 1. The molecule has 0 aromatic heterocycles. The van der Waals surface area contributed by atoms with Crippen LogP contribution < -0.4 is 14.4 Å². The normalized spacial score (nSPS) is 11.9. The summed E-state index contributed by atoms with van der Waals surface area (Å²) >= 11 is 0. The predicted octanol–water partition coefficient (Wildman–Crippen LogP) is 4.28. The van der Waals surface area contributed by atoms with Crippen LogP contribution in [0.3, 0.4) is 0 Å². The van der Waals surface area contributed by atoms with Gasteiger partial charge in [0.15, 0.2) is 0 Å². The van der Waals surface area contributed by atoms with Crippen LogP contribution in [0.15, 0.2) is 77.7 Å². The minimum absolute atomic E-state index is 0.0631. The van der Waals surface area contributed by atoms with Crippen molar-refractivity contribution >= 4 is 27.5 Å². The molecule has 0 fully saturated rings. The van der Waals surface area contributed by atoms with Crippen LogP contribution in [0.4, 0.5) is 10.1 Å². The van der Waals surface area contributed by atoms with E-state index in [0.29, 0.717) is 18.8 Å². The molecule has 0 saturated carbocycles. The lowest BCUT2D eigenvalue weighted by Gasteiger charge is -2.33. The SMILES string of the molecule is CCOc1ccc(S(=O)(=O)N(CC(=O)N(Cc2ccccc2C)[C@H](CC)C(=O)NC)c2ccc(F)cc2)cc1. The van der Waals surface area contributed by atoms with E-state index >= 15 is 0 Å². The molecule has 0 heterocycles. The van der Waals surface area contributed by atoms with Gasteiger partial charge in [0.25, 0.3) is 10.0 Å². The zero-order valence-electron chi connectivity index (χ0n) is 22.6. The number of hydrogen-bond acceptors (Lipinski definition) is 5. The van der Waals surface area contributed by atoms with Crippen molar-refractivity contribution in [2.75, 3.05) is 24.5 Å². The summed E-state index contributed by atoms with van der Waals surface area (Å²) in [7, 11) is -2.77. The van der Waals surface area contributed by atoms with Gasteiger partial charge in [-0.25, -0.2) is 12.8 Å². The van der Waals surface area contributed by atoms with E-state index in [4.69, 9.17) is 4.74 Å². The smallest absolute Gasteiger partial charge is 0.264 e. The van der Waals surface area contributed by atoms with E-state index in [1.54, 1.807) is 6.92 Å². The molecule has 0 aliphatic heterocycles. The second-order valence-electron chi connectivity index (χ2n) is 8.88. The van der Waals surface area contributed by atoms with Crippen LogP contribution in [-0.4, -0.2) is 51.4 Å². The molecule has 1 atom stereocenters. The molecule has 3 rings (SSSR count). The van der Waals surface area contributed by atoms with E-state index in [-0.39, 0.29) is 23.0 Å². The lowest BCUT2D eigenvalue weighted by Crippen LogP contribution is -2.51. The summed E-state index contributed by atoms with van der Waals surface area (Å²) in [6, 6.07) is 17.4. The number of benzene rings is 3. The van der Waals surface area contributed by atoms with Gasteiger partial charge in [0.1, 0.15) is 24.2 Å². The number of carbonyl (C=O) groups is 2. The molecule has 0 bridgehead atoms. The van der Waals surface area contributed by atoms with E-state index in [1.807, 2.05) is 38.1 Å². The maximum Gasteiger partial charge on any atom is 0.264 e. The van der Waals surface area contributed by atoms with Crippen molar-refractivity contribution in [1.29, 1.82) is 0 Å². The van der Waals surface area contributed by atoms with Crippen molar-refractivity contribution in [3.8, 4) is 5.75 Å². The number of nitrogens with zero attached hydrogens (tertiary/aromatic N) is 2. The average molecular weight is 556 g/mol. The number of halogens is 1. The van der Waals surface area contributed by atoms with Gasteiger partial charge in [0.2, 0.25) is 11.8 Å². The molecule has 10 heteroatoms. The Morgan fingerprint density at radius 2 is 1.62 bits per heavy atom. The van der Waals surface area contributed by atoms with Gasteiger partial charge in [0.05, 0.1) is 17.2 Å². The predicted molar refractivity (Wildman–Crippen MR) is 148 cm³/mol. The first kappa shape index (κ1) is 29.6. The standard InChI is InChI=1S/C29H34FN3O5S/c1-5-27(29(35)31-4)32(19-22-10-8-7-9-21(22)3)28(34)20-33(24-13-11-23(30)12-14-24)39(36,37)26-17-15-25(16-18-26)38-6-2/h7-18,27H,5-6,19-20H2,1-4H3,(H,31,35)/t27-/m1/s1. The number of carbonyl (C=O) groups excluding carboxylic acids is 2. The average Bonchev–Trinajstić information content (AvgIpc) is 2.93. The monoisotopic (exact) mass is 555 g/mol. The summed E-state index contributed by atoms with van der Waals surface area (Å²) in [5.74, 6) is -0.980. The fraction of sp³-hybridized carbons (Fsp3) is 0.310. The quantitative estimate of drug-likeness (QED) is 0.360. The Kier molecular flexibility index (Phi) is 10.1. The Morgan fingerprint density at radius 1 is 0.974 bits per heavy atom. The molecule has 0 aliphatic rings. The fourth-order valence-electron chi connectivity index (χ4n) is 4.19. The van der Waals surface area contributed by atoms with Crippen molar-refractivity contribution in [1.82, 2.24) is 10.2 Å². The van der Waals surface area contributed by atoms with Gasteiger partial charge >= 0.3 is 0 Å². The lowest BCUT2D eigenvalue weighted by molar-refractivity contribution is -0.140. The molecule has 0 radical (unpaired) electrons. The fourth-order valence-corrected chi connectivity index (χ4v) is 5.61. The minimum atomic E-state index is -4.26. The van der Waals surface area contributed by atoms with Crippen molar-refractivity contribution in [3.05, 3.63) is 89.7 Å². The van der Waals surface area contributed by atoms with Crippen LogP contribution in [0, 0.1) is 12.7 Å². The van der Waals surface area contributed by atoms with E-state index in [2.05, 4.69) is 5.32 Å². The van der Waals surface area contributed by atoms with Crippen molar-refractivity contribution in [2.24, 2.45) is 0 Å². The van der Waals surface area contributed by atoms with Crippen LogP contribution in [0.25, 0.3) is 0 Å². The summed E-state index contributed by atoms with van der Waals surface area (Å²) in [4.78, 5) is 28.0. The minimum Gasteiger partial charge on any atom is -0.494 e. The molecule has 39 heavy (non-hydrogen) atoms. The highest BCUT2D eigenvalue weighted by Crippen LogP contribution is 2.26. The maximum atomic E-state index is 13.9. The molecule has 3 aromatic rings. The Balaban J connectivity index is 2.05. The first-order valence-electron chi connectivity index (χ1n) is 12.7. The van der Waals surface area contributed by atoms with E-state index < -0.39 is 34.3 Å². The molecule has 0 spiro atoms. The summed E-state index contributed by atoms with van der Waals surface area (Å²) in [6.07, 6.45) is 0.319. The zero-order chi connectivity index (χ0) is 28.6. The Morgan fingerprint density at radius 3 is 2.18 bits per heavy atom. The third kappa shape index (κ3) is 7.14. The number of anilines is 1. The van der Waals surface area contributed by atoms with Gasteiger partial charge in [-0.1, -0.05) is 31.2 Å². The van der Waals surface area contributed by atoms with Crippen LogP contribution >= 0.6 is 0 Å². The second kappa shape index (κ2) is 13.2. The third-order valence-corrected chi connectivity index (χ3v) is 8.14. The summed E-state index contributed by atoms with van der Waals surface area (Å²) in [5, 5.41) is 2.60. The maximum absolute atomic E-state index is 13.9. The number of rotatable bonds is 12. The molecular weight excluding hydrogens is 521 g/mol. The van der Waals surface area contributed by atoms with Crippen molar-refractivity contribution in [3.63, 3.8) is 0 Å². The number of ether oxygens (including phenoxy) is 1. The molecular formula is C29H34FN3O5S. The lowest BCUT2D eigenvalue weighted by atomic mass is 10.1. The number of sulfonamides is 1. The highest BCUT2D eigenvalue weighted by Gasteiger charge is 2.33. The Hall–Kier alpha value is -3.92. The van der Waals surface area contributed by atoms with Gasteiger partial charge in [-0.15, -0.1) is 0 Å². The van der Waals surface area contributed by atoms with E-state index in [1.165, 1.54) is 48.3 Å². The third-order valence-electron chi connectivity index (χ3n) is 6.35. The molecule has 0 saturated heterocycles. The first-order chi connectivity index (χ1) is 18.6. The highest BCUT2D eigenvalue weighted by atomic mass is 32.2. The highest BCUT2D eigenvalue weighted by molar-refractivity contribution is 7.92. The summed E-state index contributed by atoms with van der Waals surface area (Å²) < 4.78 is 47.7. The Labute approximate surface area is 229 Å². The van der Waals surface area contributed by atoms with Crippen molar-refractivity contribution < 1.29 is 27.1 Å². The molecule has 3 aromatic carbocycles. The molecule has 0 aliphatic carbocycles. The van der Waals surface area contributed by atoms with Gasteiger partial charge in [0, 0.05) is 13.6 Å². The van der Waals surface area contributed by atoms with Gasteiger partial charge in [-0.05, 0) is 79.9 Å². The molecule has 1 N–H and O–H groups in total. The van der Waals surface area contributed by atoms with E-state index in [0.717, 1.165) is 27.6 Å². The number of nitrogens with one attached hydrogen (secondary N) is 1. The topological polar surface area (TPSA) is 96.0 Å². The number of amides is 2.